The molecular weight excluding hydrogens is 194 g/mol. The second-order valence-corrected chi connectivity index (χ2v) is 3.30. The van der Waals surface area contributed by atoms with Gasteiger partial charge in [0.25, 0.3) is 0 Å². The fourth-order valence-corrected chi connectivity index (χ4v) is 1.12. The molecule has 4 heteroatoms. The van der Waals surface area contributed by atoms with Gasteiger partial charge in [-0.2, -0.15) is 10.5 Å². The van der Waals surface area contributed by atoms with Gasteiger partial charge in [0, 0.05) is 13.1 Å². The molecule has 1 heterocycles. The molecular formula is C6H6BrN3. The second kappa shape index (κ2) is 3.01. The van der Waals surface area contributed by atoms with Crippen LogP contribution in [0, 0.1) is 22.7 Å². The van der Waals surface area contributed by atoms with Crippen LogP contribution >= 0.6 is 15.9 Å². The summed E-state index contributed by atoms with van der Waals surface area (Å²) in [4.78, 5) is 1.81. The molecule has 0 saturated carbocycles. The highest BCUT2D eigenvalue weighted by molar-refractivity contribution is 9.09. The number of rotatable bonds is 2. The van der Waals surface area contributed by atoms with E-state index in [1.165, 1.54) is 0 Å². The lowest BCUT2D eigenvalue weighted by atomic mass is 10.4. The molecule has 0 aliphatic carbocycles. The SMILES string of the molecule is N#CC(Br)CN1CC1C#N. The average molecular weight is 200 g/mol. The van der Waals surface area contributed by atoms with Crippen molar-refractivity contribution >= 4 is 15.9 Å². The molecule has 0 aromatic heterocycles. The Morgan fingerprint density at radius 1 is 1.70 bits per heavy atom. The van der Waals surface area contributed by atoms with E-state index in [9.17, 15) is 0 Å². The van der Waals surface area contributed by atoms with Gasteiger partial charge in [-0.1, -0.05) is 15.9 Å². The molecule has 0 bridgehead atoms. The van der Waals surface area contributed by atoms with Crippen molar-refractivity contribution < 1.29 is 0 Å². The van der Waals surface area contributed by atoms with Gasteiger partial charge in [0.2, 0.25) is 0 Å². The van der Waals surface area contributed by atoms with Gasteiger partial charge in [0.1, 0.15) is 10.9 Å². The molecule has 1 saturated heterocycles. The van der Waals surface area contributed by atoms with E-state index in [0.29, 0.717) is 6.54 Å². The zero-order valence-corrected chi connectivity index (χ0v) is 6.87. The Hall–Kier alpha value is -0.580. The first kappa shape index (κ1) is 7.53. The number of halogens is 1. The van der Waals surface area contributed by atoms with Gasteiger partial charge in [0.05, 0.1) is 12.1 Å². The lowest BCUT2D eigenvalue weighted by molar-refractivity contribution is 0.555. The van der Waals surface area contributed by atoms with E-state index >= 15 is 0 Å². The maximum Gasteiger partial charge on any atom is 0.114 e. The van der Waals surface area contributed by atoms with Crippen LogP contribution in [0.5, 0.6) is 0 Å². The summed E-state index contributed by atoms with van der Waals surface area (Å²) in [6.07, 6.45) is 0. The van der Waals surface area contributed by atoms with E-state index in [1.807, 2.05) is 11.0 Å². The zero-order valence-electron chi connectivity index (χ0n) is 5.29. The Bertz CT molecular complexity index is 202. The van der Waals surface area contributed by atoms with E-state index in [4.69, 9.17) is 10.5 Å². The van der Waals surface area contributed by atoms with E-state index in [-0.39, 0.29) is 10.9 Å². The van der Waals surface area contributed by atoms with Gasteiger partial charge in [-0.3, -0.25) is 4.90 Å². The van der Waals surface area contributed by atoms with Gasteiger partial charge in [-0.15, -0.1) is 0 Å². The summed E-state index contributed by atoms with van der Waals surface area (Å²) < 4.78 is 0. The molecule has 10 heavy (non-hydrogen) atoms. The van der Waals surface area contributed by atoms with Crippen molar-refractivity contribution in [2.24, 2.45) is 0 Å². The Morgan fingerprint density at radius 2 is 2.40 bits per heavy atom. The molecule has 0 N–H and O–H groups in total. The lowest BCUT2D eigenvalue weighted by Crippen LogP contribution is -2.12. The highest BCUT2D eigenvalue weighted by Gasteiger charge is 2.34. The van der Waals surface area contributed by atoms with Crippen molar-refractivity contribution in [2.45, 2.75) is 10.9 Å². The fourth-order valence-electron chi connectivity index (χ4n) is 0.746. The molecule has 3 unspecified atom stereocenters. The summed E-state index contributed by atoms with van der Waals surface area (Å²) in [5, 5.41) is 16.7. The predicted octanol–water partition coefficient (Wildman–Crippen LogP) is 0.481. The summed E-state index contributed by atoms with van der Waals surface area (Å²) in [6.45, 7) is 1.48. The van der Waals surface area contributed by atoms with Crippen LogP contribution in [0.2, 0.25) is 0 Å². The maximum atomic E-state index is 8.37. The van der Waals surface area contributed by atoms with Crippen LogP contribution in [-0.2, 0) is 0 Å². The molecule has 0 spiro atoms. The third kappa shape index (κ3) is 1.70. The predicted molar refractivity (Wildman–Crippen MR) is 39.3 cm³/mol. The number of nitriles is 2. The van der Waals surface area contributed by atoms with E-state index in [1.54, 1.807) is 0 Å². The van der Waals surface area contributed by atoms with Crippen molar-refractivity contribution in [3.63, 3.8) is 0 Å². The highest BCUT2D eigenvalue weighted by atomic mass is 79.9. The van der Waals surface area contributed by atoms with Crippen LogP contribution in [-0.4, -0.2) is 28.9 Å². The van der Waals surface area contributed by atoms with Crippen LogP contribution in [0.25, 0.3) is 0 Å². The topological polar surface area (TPSA) is 50.6 Å². The first-order chi connectivity index (χ1) is 4.77. The van der Waals surface area contributed by atoms with Crippen molar-refractivity contribution in [1.29, 1.82) is 10.5 Å². The van der Waals surface area contributed by atoms with Gasteiger partial charge in [-0.25, -0.2) is 0 Å². The Kier molecular flexibility index (Phi) is 2.26. The summed E-state index contributed by atoms with van der Waals surface area (Å²) in [5.74, 6) is 0. The third-order valence-corrected chi connectivity index (χ3v) is 1.89. The zero-order chi connectivity index (χ0) is 7.56. The third-order valence-electron chi connectivity index (χ3n) is 1.40. The van der Waals surface area contributed by atoms with Gasteiger partial charge in [-0.05, 0) is 0 Å². The molecule has 1 aliphatic rings. The quantitative estimate of drug-likeness (QED) is 0.481. The summed E-state index contributed by atoms with van der Waals surface area (Å²) in [7, 11) is 0. The minimum absolute atomic E-state index is 0.0633. The standard InChI is InChI=1S/C6H6BrN3/c7-5(1-8)3-10-4-6(10)2-9/h5-6H,3-4H2. The minimum Gasteiger partial charge on any atom is -0.282 e. The molecule has 1 fully saturated rings. The molecule has 1 aliphatic heterocycles. The smallest absolute Gasteiger partial charge is 0.114 e. The number of alkyl halides is 1. The molecule has 0 radical (unpaired) electrons. The van der Waals surface area contributed by atoms with Crippen LogP contribution in [0.4, 0.5) is 0 Å². The molecule has 1 rings (SSSR count). The van der Waals surface area contributed by atoms with Crippen molar-refractivity contribution in [2.75, 3.05) is 13.1 Å². The second-order valence-electron chi connectivity index (χ2n) is 2.20. The van der Waals surface area contributed by atoms with Crippen LogP contribution < -0.4 is 0 Å². The summed E-state index contributed by atoms with van der Waals surface area (Å²) in [6, 6.07) is 4.22. The van der Waals surface area contributed by atoms with Crippen molar-refractivity contribution in [3.05, 3.63) is 0 Å². The largest absolute Gasteiger partial charge is 0.282 e. The van der Waals surface area contributed by atoms with Gasteiger partial charge >= 0.3 is 0 Å². The van der Waals surface area contributed by atoms with E-state index in [0.717, 1.165) is 6.54 Å². The van der Waals surface area contributed by atoms with Crippen LogP contribution in [0.3, 0.4) is 0 Å². The minimum atomic E-state index is -0.133. The Balaban J connectivity index is 2.20. The number of hydrogen-bond donors (Lipinski definition) is 0. The Morgan fingerprint density at radius 3 is 2.80 bits per heavy atom. The highest BCUT2D eigenvalue weighted by Crippen LogP contribution is 2.17. The molecule has 52 valence electrons. The van der Waals surface area contributed by atoms with E-state index < -0.39 is 0 Å². The van der Waals surface area contributed by atoms with Crippen LogP contribution in [0.15, 0.2) is 0 Å². The molecule has 0 amide bonds. The monoisotopic (exact) mass is 199 g/mol. The van der Waals surface area contributed by atoms with Gasteiger partial charge < -0.3 is 0 Å². The Labute approximate surface area is 68.0 Å². The first-order valence-electron chi connectivity index (χ1n) is 2.95. The normalized spacial score (nSPS) is 31.9. The number of hydrogen-bond acceptors (Lipinski definition) is 3. The fraction of sp³-hybridized carbons (Fsp3) is 0.667. The summed E-state index contributed by atoms with van der Waals surface area (Å²) in [5.41, 5.74) is 0. The van der Waals surface area contributed by atoms with Crippen LogP contribution in [0.1, 0.15) is 0 Å². The summed E-state index contributed by atoms with van der Waals surface area (Å²) >= 11 is 3.16. The molecule has 0 aromatic rings. The molecule has 3 nitrogen and oxygen atoms in total. The van der Waals surface area contributed by atoms with Crippen molar-refractivity contribution in [1.82, 2.24) is 4.90 Å². The maximum absolute atomic E-state index is 8.37. The van der Waals surface area contributed by atoms with Gasteiger partial charge in [0.15, 0.2) is 0 Å². The number of nitrogens with zero attached hydrogens (tertiary/aromatic N) is 3. The average Bonchev–Trinajstić information content (AvgIpc) is 2.67. The lowest BCUT2D eigenvalue weighted by Gasteiger charge is -1.98. The first-order valence-corrected chi connectivity index (χ1v) is 3.87. The molecule has 3 atom stereocenters. The van der Waals surface area contributed by atoms with E-state index in [2.05, 4.69) is 22.0 Å². The molecule has 0 aromatic carbocycles. The van der Waals surface area contributed by atoms with Crippen molar-refractivity contribution in [3.8, 4) is 12.1 Å².